The summed E-state index contributed by atoms with van der Waals surface area (Å²) in [5, 5.41) is 13.0. The Hall–Kier alpha value is -0.710. The summed E-state index contributed by atoms with van der Waals surface area (Å²) < 4.78 is 12.2. The van der Waals surface area contributed by atoms with Crippen molar-refractivity contribution in [1.29, 1.82) is 0 Å². The summed E-state index contributed by atoms with van der Waals surface area (Å²) in [4.78, 5) is 0.851. The number of fused-ring (bicyclic) bond motifs is 1. The highest BCUT2D eigenvalue weighted by atomic mass is 32.2. The molecule has 1 aliphatic carbocycles. The van der Waals surface area contributed by atoms with Gasteiger partial charge in [-0.05, 0) is 42.5 Å². The molecule has 1 aromatic carbocycles. The Bertz CT molecular complexity index is 459. The highest BCUT2D eigenvalue weighted by molar-refractivity contribution is 7.85. The molecule has 2 N–H and O–H groups in total. The molecule has 2 rings (SSSR count). The first-order chi connectivity index (χ1) is 9.06. The molecule has 2 unspecified atom stereocenters. The van der Waals surface area contributed by atoms with Crippen molar-refractivity contribution in [2.45, 2.75) is 50.2 Å². The molecule has 0 aliphatic heterocycles. The standard InChI is InChI=1S/C15H23NO2S/c1-11(2)16-9-14(17)10-19(18)15-7-6-12-4-3-5-13(12)8-15/h6-8,11,14,16-17H,3-5,9-10H2,1-2H3. The second-order valence-electron chi connectivity index (χ2n) is 5.51. The van der Waals surface area contributed by atoms with Gasteiger partial charge in [-0.25, -0.2) is 0 Å². The molecule has 0 fully saturated rings. The molecule has 1 aromatic rings. The van der Waals surface area contributed by atoms with Crippen LogP contribution in [0, 0.1) is 0 Å². The first-order valence-electron chi connectivity index (χ1n) is 6.98. The maximum atomic E-state index is 12.2. The number of nitrogens with one attached hydrogen (secondary N) is 1. The number of hydrogen-bond acceptors (Lipinski definition) is 3. The van der Waals surface area contributed by atoms with Crippen molar-refractivity contribution >= 4 is 10.8 Å². The molecule has 4 heteroatoms. The number of hydrogen-bond donors (Lipinski definition) is 2. The number of benzene rings is 1. The summed E-state index contributed by atoms with van der Waals surface area (Å²) in [6, 6.07) is 6.43. The van der Waals surface area contributed by atoms with E-state index in [9.17, 15) is 9.32 Å². The van der Waals surface area contributed by atoms with Crippen molar-refractivity contribution in [3.63, 3.8) is 0 Å². The minimum atomic E-state index is -1.11. The lowest BCUT2D eigenvalue weighted by Gasteiger charge is -2.14. The largest absolute Gasteiger partial charge is 0.391 e. The van der Waals surface area contributed by atoms with E-state index in [-0.39, 0.29) is 0 Å². The minimum Gasteiger partial charge on any atom is -0.391 e. The Morgan fingerprint density at radius 2 is 2.05 bits per heavy atom. The average Bonchev–Trinajstić information content (AvgIpc) is 2.83. The number of rotatable bonds is 6. The predicted octanol–water partition coefficient (Wildman–Crippen LogP) is 1.64. The lowest BCUT2D eigenvalue weighted by atomic mass is 10.1. The Kier molecular flexibility index (Phi) is 5.13. The van der Waals surface area contributed by atoms with Crippen molar-refractivity contribution in [2.75, 3.05) is 12.3 Å². The SMILES string of the molecule is CC(C)NCC(O)CS(=O)c1ccc2c(c1)CCC2. The van der Waals surface area contributed by atoms with Gasteiger partial charge in [0.2, 0.25) is 0 Å². The van der Waals surface area contributed by atoms with E-state index in [0.29, 0.717) is 18.3 Å². The minimum absolute atomic E-state index is 0.304. The monoisotopic (exact) mass is 281 g/mol. The fourth-order valence-electron chi connectivity index (χ4n) is 2.39. The van der Waals surface area contributed by atoms with Crippen molar-refractivity contribution in [3.05, 3.63) is 29.3 Å². The van der Waals surface area contributed by atoms with Crippen LogP contribution in [-0.2, 0) is 23.6 Å². The van der Waals surface area contributed by atoms with Crippen LogP contribution >= 0.6 is 0 Å². The quantitative estimate of drug-likeness (QED) is 0.833. The second-order valence-corrected chi connectivity index (χ2v) is 7.01. The molecule has 0 radical (unpaired) electrons. The van der Waals surface area contributed by atoms with E-state index in [1.54, 1.807) is 0 Å². The van der Waals surface area contributed by atoms with Crippen LogP contribution in [0.2, 0.25) is 0 Å². The van der Waals surface area contributed by atoms with Crippen LogP contribution < -0.4 is 5.32 Å². The summed E-state index contributed by atoms with van der Waals surface area (Å²) in [5.74, 6) is 0.304. The van der Waals surface area contributed by atoms with Gasteiger partial charge in [-0.15, -0.1) is 0 Å². The van der Waals surface area contributed by atoms with Crippen molar-refractivity contribution in [1.82, 2.24) is 5.32 Å². The van der Waals surface area contributed by atoms with Crippen LogP contribution in [0.3, 0.4) is 0 Å². The number of aliphatic hydroxyl groups is 1. The zero-order chi connectivity index (χ0) is 13.8. The van der Waals surface area contributed by atoms with E-state index >= 15 is 0 Å². The van der Waals surface area contributed by atoms with Crippen LogP contribution in [0.1, 0.15) is 31.4 Å². The first kappa shape index (κ1) is 14.7. The van der Waals surface area contributed by atoms with Gasteiger partial charge in [0.05, 0.1) is 22.7 Å². The van der Waals surface area contributed by atoms with Crippen molar-refractivity contribution in [2.24, 2.45) is 0 Å². The highest BCUT2D eigenvalue weighted by Crippen LogP contribution is 2.24. The van der Waals surface area contributed by atoms with Gasteiger partial charge in [0.25, 0.3) is 0 Å². The number of aryl methyl sites for hydroxylation is 2. The molecule has 3 nitrogen and oxygen atoms in total. The molecule has 19 heavy (non-hydrogen) atoms. The molecule has 1 aliphatic rings. The van der Waals surface area contributed by atoms with E-state index < -0.39 is 16.9 Å². The highest BCUT2D eigenvalue weighted by Gasteiger charge is 2.15. The van der Waals surface area contributed by atoms with Gasteiger partial charge < -0.3 is 10.4 Å². The molecule has 0 saturated carbocycles. The maximum absolute atomic E-state index is 12.2. The average molecular weight is 281 g/mol. The van der Waals surface area contributed by atoms with Crippen molar-refractivity contribution < 1.29 is 9.32 Å². The fraction of sp³-hybridized carbons (Fsp3) is 0.600. The third kappa shape index (κ3) is 4.13. The van der Waals surface area contributed by atoms with E-state index in [4.69, 9.17) is 0 Å². The molecule has 0 bridgehead atoms. The molecule has 0 spiro atoms. The Labute approximate surface area is 117 Å². The summed E-state index contributed by atoms with van der Waals surface area (Å²) in [5.41, 5.74) is 2.73. The predicted molar refractivity (Wildman–Crippen MR) is 78.9 cm³/mol. The zero-order valence-electron chi connectivity index (χ0n) is 11.7. The summed E-state index contributed by atoms with van der Waals surface area (Å²) in [7, 11) is -1.11. The Morgan fingerprint density at radius 3 is 2.79 bits per heavy atom. The van der Waals surface area contributed by atoms with Crippen molar-refractivity contribution in [3.8, 4) is 0 Å². The lowest BCUT2D eigenvalue weighted by molar-refractivity contribution is 0.191. The van der Waals surface area contributed by atoms with Gasteiger partial charge in [-0.2, -0.15) is 0 Å². The van der Waals surface area contributed by atoms with Gasteiger partial charge in [0, 0.05) is 17.5 Å². The molecule has 0 amide bonds. The summed E-state index contributed by atoms with van der Waals surface area (Å²) >= 11 is 0. The van der Waals surface area contributed by atoms with Crippen LogP contribution in [-0.4, -0.2) is 33.8 Å². The van der Waals surface area contributed by atoms with E-state index in [1.807, 2.05) is 19.9 Å². The third-order valence-electron chi connectivity index (χ3n) is 3.44. The zero-order valence-corrected chi connectivity index (χ0v) is 12.5. The molecule has 106 valence electrons. The van der Waals surface area contributed by atoms with E-state index in [1.165, 1.54) is 17.5 Å². The Balaban J connectivity index is 1.92. The summed E-state index contributed by atoms with van der Waals surface area (Å²) in [6.45, 7) is 4.56. The Morgan fingerprint density at radius 1 is 1.32 bits per heavy atom. The van der Waals surface area contributed by atoms with E-state index in [0.717, 1.165) is 17.7 Å². The third-order valence-corrected chi connectivity index (χ3v) is 4.91. The summed E-state index contributed by atoms with van der Waals surface area (Å²) in [6.07, 6.45) is 2.88. The first-order valence-corrected chi connectivity index (χ1v) is 8.30. The van der Waals surface area contributed by atoms with E-state index in [2.05, 4.69) is 17.4 Å². The van der Waals surface area contributed by atoms with Crippen LogP contribution in [0.4, 0.5) is 0 Å². The van der Waals surface area contributed by atoms with Gasteiger partial charge in [-0.3, -0.25) is 4.21 Å². The fourth-order valence-corrected chi connectivity index (χ4v) is 3.54. The van der Waals surface area contributed by atoms with Gasteiger partial charge in [0.1, 0.15) is 0 Å². The van der Waals surface area contributed by atoms with Crippen LogP contribution in [0.25, 0.3) is 0 Å². The van der Waals surface area contributed by atoms with Crippen LogP contribution in [0.15, 0.2) is 23.1 Å². The molecule has 0 heterocycles. The van der Waals surface area contributed by atoms with Gasteiger partial charge >= 0.3 is 0 Å². The maximum Gasteiger partial charge on any atom is 0.0783 e. The van der Waals surface area contributed by atoms with Crippen LogP contribution in [0.5, 0.6) is 0 Å². The van der Waals surface area contributed by atoms with Gasteiger partial charge in [-0.1, -0.05) is 19.9 Å². The molecule has 2 atom stereocenters. The molecular formula is C15H23NO2S. The second kappa shape index (κ2) is 6.64. The lowest BCUT2D eigenvalue weighted by Crippen LogP contribution is -2.34. The molecule has 0 aromatic heterocycles. The smallest absolute Gasteiger partial charge is 0.0783 e. The normalized spacial score (nSPS) is 17.5. The number of aliphatic hydroxyl groups excluding tert-OH is 1. The molecular weight excluding hydrogens is 258 g/mol. The topological polar surface area (TPSA) is 49.3 Å². The van der Waals surface area contributed by atoms with Gasteiger partial charge in [0.15, 0.2) is 0 Å². The molecule has 0 saturated heterocycles.